The summed E-state index contributed by atoms with van der Waals surface area (Å²) in [7, 11) is 0. The summed E-state index contributed by atoms with van der Waals surface area (Å²) in [5.74, 6) is -0.582. The zero-order valence-corrected chi connectivity index (χ0v) is 20.6. The molecule has 0 radical (unpaired) electrons. The van der Waals surface area contributed by atoms with Crippen LogP contribution in [0.2, 0.25) is 0 Å². The van der Waals surface area contributed by atoms with Crippen molar-refractivity contribution in [2.75, 3.05) is 26.2 Å². The van der Waals surface area contributed by atoms with Crippen molar-refractivity contribution >= 4 is 11.9 Å². The van der Waals surface area contributed by atoms with Crippen LogP contribution in [0.5, 0.6) is 0 Å². The number of ether oxygens (including phenoxy) is 2. The third-order valence-corrected chi connectivity index (χ3v) is 8.40. The first-order valence-electron chi connectivity index (χ1n) is 12.8. The van der Waals surface area contributed by atoms with Gasteiger partial charge in [-0.05, 0) is 54.7 Å². The molecule has 2 fully saturated rings. The molecule has 4 aliphatic heterocycles. The summed E-state index contributed by atoms with van der Waals surface area (Å²) >= 11 is 0. The van der Waals surface area contributed by atoms with E-state index in [1.165, 1.54) is 0 Å². The Labute approximate surface area is 210 Å². The van der Waals surface area contributed by atoms with Gasteiger partial charge < -0.3 is 19.7 Å². The normalized spacial score (nSPS) is 26.9. The molecule has 190 valence electrons. The minimum Gasteiger partial charge on any atom is -0.459 e. The average Bonchev–Trinajstić information content (AvgIpc) is 3.53. The number of carbonyl (C=O) groups is 2. The highest BCUT2D eigenvalue weighted by Crippen LogP contribution is 2.35. The number of hydrogen-bond acceptors (Lipinski definition) is 8. The number of hydrogen-bond donors (Lipinski definition) is 2. The minimum absolute atomic E-state index is 0.149. The summed E-state index contributed by atoms with van der Waals surface area (Å²) in [6, 6.07) is 9.85. The number of cyclic esters (lactones) is 2. The van der Waals surface area contributed by atoms with E-state index in [1.54, 1.807) is 12.1 Å². The fourth-order valence-corrected chi connectivity index (χ4v) is 6.44. The van der Waals surface area contributed by atoms with E-state index in [9.17, 15) is 19.8 Å². The number of piperazine rings is 1. The summed E-state index contributed by atoms with van der Waals surface area (Å²) in [6.45, 7) is 6.92. The molecule has 0 amide bonds. The molecule has 8 nitrogen and oxygen atoms in total. The molecular formula is C28H32N2O6. The first-order chi connectivity index (χ1) is 17.3. The lowest BCUT2D eigenvalue weighted by Gasteiger charge is -2.36. The number of benzene rings is 2. The van der Waals surface area contributed by atoms with Crippen LogP contribution in [0.3, 0.4) is 0 Å². The molecule has 2 N–H and O–H groups in total. The fraction of sp³-hybridized carbons (Fsp3) is 0.500. The third-order valence-electron chi connectivity index (χ3n) is 8.40. The molecule has 2 saturated heterocycles. The summed E-state index contributed by atoms with van der Waals surface area (Å²) in [5, 5.41) is 22.0. The second kappa shape index (κ2) is 8.95. The maximum absolute atomic E-state index is 12.1. The molecule has 8 heteroatoms. The van der Waals surface area contributed by atoms with Gasteiger partial charge in [0.1, 0.15) is 12.7 Å². The van der Waals surface area contributed by atoms with Crippen molar-refractivity contribution in [3.63, 3.8) is 0 Å². The number of esters is 2. The Bertz CT molecular complexity index is 1230. The number of aliphatic hydroxyl groups excluding tert-OH is 2. The van der Waals surface area contributed by atoms with Crippen molar-refractivity contribution in [3.8, 4) is 0 Å². The fourth-order valence-electron chi connectivity index (χ4n) is 6.44. The van der Waals surface area contributed by atoms with Gasteiger partial charge in [-0.1, -0.05) is 18.2 Å². The van der Waals surface area contributed by atoms with Crippen molar-refractivity contribution in [2.24, 2.45) is 0 Å². The van der Waals surface area contributed by atoms with Crippen molar-refractivity contribution in [2.45, 2.75) is 63.7 Å². The molecule has 4 heterocycles. The van der Waals surface area contributed by atoms with Crippen molar-refractivity contribution < 1.29 is 29.3 Å². The topological polar surface area (TPSA) is 99.5 Å². The van der Waals surface area contributed by atoms with Crippen LogP contribution in [0.4, 0.5) is 0 Å². The molecule has 2 aromatic carbocycles. The first-order valence-corrected chi connectivity index (χ1v) is 12.8. The Morgan fingerprint density at radius 2 is 1.67 bits per heavy atom. The maximum atomic E-state index is 12.1. The number of carbonyl (C=O) groups excluding carboxylic acids is 2. The number of aliphatic hydroxyl groups is 2. The maximum Gasteiger partial charge on any atom is 0.338 e. The van der Waals surface area contributed by atoms with Gasteiger partial charge in [0.05, 0.1) is 23.3 Å². The van der Waals surface area contributed by atoms with E-state index >= 15 is 0 Å². The molecule has 2 unspecified atom stereocenters. The summed E-state index contributed by atoms with van der Waals surface area (Å²) in [6.07, 6.45) is 0.290. The Kier molecular flexibility index (Phi) is 5.87. The Morgan fingerprint density at radius 3 is 2.39 bits per heavy atom. The van der Waals surface area contributed by atoms with Crippen LogP contribution in [0.1, 0.15) is 74.1 Å². The summed E-state index contributed by atoms with van der Waals surface area (Å²) in [4.78, 5) is 28.6. The van der Waals surface area contributed by atoms with Crippen LogP contribution in [-0.2, 0) is 22.5 Å². The standard InChI is InChI=1S/C28H32N2O6/c1-15-7-18-8-17(3-4-22(18)28(34)36-15)25(31)12-29-10-20-9-19(29)11-30(20)13-26(32)21-5-6-23-24(16(21)2)14-35-27(23)33/h3-6,8,15,19-20,25-26,31-32H,7,9-14H2,1-2H3/t15-,19-,20-,25?,26?/m1/s1. The summed E-state index contributed by atoms with van der Waals surface area (Å²) in [5.41, 5.74) is 5.65. The second-order valence-corrected chi connectivity index (χ2v) is 10.7. The lowest BCUT2D eigenvalue weighted by atomic mass is 9.95. The SMILES string of the molecule is Cc1c(C(O)CN2C[C@H]3C[C@@H]2CN3CC(O)c2ccc3c(c2)C[C@@H](C)OC3=O)ccc2c1COC2=O. The molecule has 0 aromatic heterocycles. The lowest BCUT2D eigenvalue weighted by Crippen LogP contribution is -2.48. The van der Waals surface area contributed by atoms with E-state index in [0.717, 1.165) is 47.3 Å². The monoisotopic (exact) mass is 492 g/mol. The van der Waals surface area contributed by atoms with Crippen molar-refractivity contribution in [1.29, 1.82) is 0 Å². The van der Waals surface area contributed by atoms with Crippen LogP contribution in [0.25, 0.3) is 0 Å². The molecule has 4 aliphatic rings. The molecule has 5 atom stereocenters. The Balaban J connectivity index is 1.07. The van der Waals surface area contributed by atoms with Crippen LogP contribution in [0, 0.1) is 6.92 Å². The number of likely N-dealkylation sites (tertiary alicyclic amines) is 2. The van der Waals surface area contributed by atoms with Gasteiger partial charge in [0.2, 0.25) is 0 Å². The summed E-state index contributed by atoms with van der Waals surface area (Å²) < 4.78 is 10.4. The minimum atomic E-state index is -0.631. The van der Waals surface area contributed by atoms with Gasteiger partial charge in [0, 0.05) is 50.2 Å². The zero-order valence-electron chi connectivity index (χ0n) is 20.6. The van der Waals surface area contributed by atoms with Crippen molar-refractivity contribution in [3.05, 3.63) is 69.3 Å². The quantitative estimate of drug-likeness (QED) is 0.593. The zero-order chi connectivity index (χ0) is 25.1. The van der Waals surface area contributed by atoms with Crippen LogP contribution in [-0.4, -0.2) is 76.3 Å². The Morgan fingerprint density at radius 1 is 0.972 bits per heavy atom. The van der Waals surface area contributed by atoms with Crippen molar-refractivity contribution in [1.82, 2.24) is 9.80 Å². The van der Waals surface area contributed by atoms with Crippen LogP contribution in [0.15, 0.2) is 30.3 Å². The smallest absolute Gasteiger partial charge is 0.338 e. The van der Waals surface area contributed by atoms with Gasteiger partial charge in [-0.25, -0.2) is 9.59 Å². The largest absolute Gasteiger partial charge is 0.459 e. The van der Waals surface area contributed by atoms with Gasteiger partial charge in [-0.3, -0.25) is 9.80 Å². The predicted molar refractivity (Wildman–Crippen MR) is 131 cm³/mol. The van der Waals surface area contributed by atoms with Crippen LogP contribution < -0.4 is 0 Å². The number of β-amino-alcohol motifs (C(OH)–C–C–N with tert-alkyl or cyclic N) is 2. The number of nitrogens with zero attached hydrogens (tertiary/aromatic N) is 2. The van der Waals surface area contributed by atoms with Gasteiger partial charge in [0.25, 0.3) is 0 Å². The van der Waals surface area contributed by atoms with E-state index in [2.05, 4.69) is 9.80 Å². The van der Waals surface area contributed by atoms with E-state index in [0.29, 0.717) is 42.7 Å². The molecular weight excluding hydrogens is 460 g/mol. The van der Waals surface area contributed by atoms with E-state index in [-0.39, 0.29) is 24.6 Å². The average molecular weight is 493 g/mol. The van der Waals surface area contributed by atoms with E-state index in [4.69, 9.17) is 9.47 Å². The van der Waals surface area contributed by atoms with E-state index < -0.39 is 12.2 Å². The molecule has 0 spiro atoms. The molecule has 36 heavy (non-hydrogen) atoms. The second-order valence-electron chi connectivity index (χ2n) is 10.7. The number of fused-ring (bicyclic) bond motifs is 4. The van der Waals surface area contributed by atoms with Crippen LogP contribution >= 0.6 is 0 Å². The Hall–Kier alpha value is -2.78. The molecule has 0 aliphatic carbocycles. The highest BCUT2D eigenvalue weighted by molar-refractivity contribution is 5.94. The molecule has 2 bridgehead atoms. The first kappa shape index (κ1) is 23.6. The highest BCUT2D eigenvalue weighted by Gasteiger charge is 2.44. The predicted octanol–water partition coefficient (Wildman–Crippen LogP) is 2.29. The van der Waals surface area contributed by atoms with Gasteiger partial charge in [-0.15, -0.1) is 0 Å². The molecule has 6 rings (SSSR count). The van der Waals surface area contributed by atoms with Gasteiger partial charge in [-0.2, -0.15) is 0 Å². The third kappa shape index (κ3) is 4.02. The lowest BCUT2D eigenvalue weighted by molar-refractivity contribution is 0.0299. The van der Waals surface area contributed by atoms with E-state index in [1.807, 2.05) is 32.0 Å². The highest BCUT2D eigenvalue weighted by atomic mass is 16.5. The van der Waals surface area contributed by atoms with Gasteiger partial charge in [0.15, 0.2) is 0 Å². The number of rotatable bonds is 6. The molecule has 0 saturated carbocycles. The molecule has 2 aromatic rings. The van der Waals surface area contributed by atoms with Gasteiger partial charge >= 0.3 is 11.9 Å².